The number of ether oxygens (including phenoxy) is 3. The first-order valence-corrected chi connectivity index (χ1v) is 24.8. The third-order valence-electron chi connectivity index (χ3n) is 13.0. The van der Waals surface area contributed by atoms with E-state index in [2.05, 4.69) is 4.74 Å². The third kappa shape index (κ3) is 14.4. The summed E-state index contributed by atoms with van der Waals surface area (Å²) >= 11 is 0. The second kappa shape index (κ2) is 23.2. The molecule has 0 atom stereocenters. The average molecular weight is 1370 g/mol. The Balaban J connectivity index is 1.49. The minimum atomic E-state index is -7.04. The molecule has 0 aliphatic heterocycles. The lowest BCUT2D eigenvalue weighted by molar-refractivity contribution is -0.288. The van der Waals surface area contributed by atoms with Crippen molar-refractivity contribution in [2.24, 2.45) is 0 Å². The smallest absolute Gasteiger partial charge is 0.420 e. The summed E-state index contributed by atoms with van der Waals surface area (Å²) in [6.07, 6.45) is -67.6. The number of carbonyl (C=O) groups excluding carboxylic acids is 2. The van der Waals surface area contributed by atoms with E-state index in [1.54, 1.807) is 0 Å². The number of carbonyl (C=O) groups is 2. The van der Waals surface area contributed by atoms with E-state index < -0.39 is 196 Å². The van der Waals surface area contributed by atoms with Crippen molar-refractivity contribution in [2.75, 3.05) is 0 Å². The number of hydrogen-bond acceptors (Lipinski definition) is 5. The number of halogens is 30. The summed E-state index contributed by atoms with van der Waals surface area (Å²) in [6, 6.07) is 2.25. The molecule has 0 amide bonds. The highest BCUT2D eigenvalue weighted by atomic mass is 19.5. The van der Waals surface area contributed by atoms with Gasteiger partial charge in [0, 0.05) is 22.3 Å². The lowest BCUT2D eigenvalue weighted by atomic mass is 9.73. The van der Waals surface area contributed by atoms with Crippen LogP contribution in [0.3, 0.4) is 0 Å². The van der Waals surface area contributed by atoms with Crippen molar-refractivity contribution in [1.82, 2.24) is 0 Å². The van der Waals surface area contributed by atoms with E-state index in [9.17, 15) is 88.6 Å². The molecule has 0 aliphatic rings. The number of benzene rings is 6. The molecular weight excluding hydrogens is 1330 g/mol. The summed E-state index contributed by atoms with van der Waals surface area (Å²) in [7, 11) is 0. The number of ketones is 2. The summed E-state index contributed by atoms with van der Waals surface area (Å²) in [5.74, 6) is -13.2. The maximum atomic E-state index is 15.1. The number of hydrogen-bond donors (Lipinski definition) is 0. The minimum absolute atomic E-state index is 0.0490. The van der Waals surface area contributed by atoms with Crippen molar-refractivity contribution in [2.45, 2.75) is 120 Å². The van der Waals surface area contributed by atoms with Crippen molar-refractivity contribution in [3.05, 3.63) is 181 Å². The molecular formula is C57H34F30O5. The van der Waals surface area contributed by atoms with Crippen LogP contribution in [0.25, 0.3) is 0 Å². The van der Waals surface area contributed by atoms with Gasteiger partial charge >= 0.3 is 61.8 Å². The lowest BCUT2D eigenvalue weighted by Gasteiger charge is -2.38. The molecule has 92 heavy (non-hydrogen) atoms. The summed E-state index contributed by atoms with van der Waals surface area (Å²) < 4.78 is 461. The maximum Gasteiger partial charge on any atom is 0.420 e. The molecule has 6 aromatic carbocycles. The molecule has 6 aromatic rings. The Labute approximate surface area is 495 Å². The van der Waals surface area contributed by atoms with Gasteiger partial charge in [0.25, 0.3) is 0 Å². The Bertz CT molecular complexity index is 3620. The molecule has 0 heterocycles. The van der Waals surface area contributed by atoms with E-state index in [1.165, 1.54) is 20.8 Å². The summed E-state index contributed by atoms with van der Waals surface area (Å²) in [5.41, 5.74) is -54.4. The van der Waals surface area contributed by atoms with E-state index in [0.717, 1.165) is 0 Å². The zero-order valence-electron chi connectivity index (χ0n) is 46.1. The summed E-state index contributed by atoms with van der Waals surface area (Å²) in [6.45, 7) is 5.45. The summed E-state index contributed by atoms with van der Waals surface area (Å²) in [4.78, 5) is 27.5. The molecule has 5 nitrogen and oxygen atoms in total. The van der Waals surface area contributed by atoms with Crippen molar-refractivity contribution < 1.29 is 156 Å². The fourth-order valence-electron chi connectivity index (χ4n) is 9.80. The van der Waals surface area contributed by atoms with Crippen LogP contribution >= 0.6 is 0 Å². The van der Waals surface area contributed by atoms with Crippen LogP contribution in [0.1, 0.15) is 135 Å². The van der Waals surface area contributed by atoms with Gasteiger partial charge in [0.2, 0.25) is 5.41 Å². The van der Waals surface area contributed by atoms with Crippen LogP contribution in [-0.4, -0.2) is 29.5 Å². The van der Waals surface area contributed by atoms with Crippen LogP contribution < -0.4 is 14.2 Å². The van der Waals surface area contributed by atoms with Gasteiger partial charge in [-0.05, 0) is 116 Å². The van der Waals surface area contributed by atoms with E-state index in [-0.39, 0.29) is 78.5 Å². The predicted octanol–water partition coefficient (Wildman–Crippen LogP) is 21.8. The van der Waals surface area contributed by atoms with Crippen molar-refractivity contribution >= 4 is 11.6 Å². The van der Waals surface area contributed by atoms with Gasteiger partial charge in [0.15, 0.2) is 17.3 Å². The monoisotopic (exact) mass is 1370 g/mol. The fraction of sp³-hybridized carbons (Fsp3) is 0.333. The SMILES string of the molecule is CC(C)(C)Oc1ccc(C(c2ccc(Oc3c(C(F)(F)F)c(C(F)(F)F)c(C(=O)c4ccc(Oc5ccc(C(=O)c6c(C(F)(F)F)c(C(F)(F)F)c(C(C)(C)C)c(C(F)(F)F)c6C(F)(F)F)cc5)cc4)c(C(F)(F)F)c3C(F)(F)F)cc2)(C(F)(F)F)C(F)(F)F)cc1. The molecule has 0 aliphatic carbocycles. The van der Waals surface area contributed by atoms with Crippen LogP contribution in [-0.2, 0) is 60.2 Å². The lowest BCUT2D eigenvalue weighted by Crippen LogP contribution is -2.54. The van der Waals surface area contributed by atoms with E-state index in [4.69, 9.17) is 9.47 Å². The number of alkyl halides is 30. The van der Waals surface area contributed by atoms with Gasteiger partial charge in [-0.15, -0.1) is 0 Å². The second-order valence-electron chi connectivity index (χ2n) is 21.6. The second-order valence-corrected chi connectivity index (χ2v) is 21.6. The third-order valence-corrected chi connectivity index (χ3v) is 13.0. The molecule has 502 valence electrons. The normalized spacial score (nSPS) is 14.0. The van der Waals surface area contributed by atoms with Crippen LogP contribution in [0.15, 0.2) is 97.1 Å². The maximum absolute atomic E-state index is 15.1. The van der Waals surface area contributed by atoms with Gasteiger partial charge < -0.3 is 14.2 Å². The van der Waals surface area contributed by atoms with E-state index in [0.29, 0.717) is 45.0 Å². The Morgan fingerprint density at radius 2 is 0.522 bits per heavy atom. The van der Waals surface area contributed by atoms with Gasteiger partial charge in [-0.25, -0.2) is 0 Å². The fourth-order valence-corrected chi connectivity index (χ4v) is 9.80. The Morgan fingerprint density at radius 1 is 0.283 bits per heavy atom. The van der Waals surface area contributed by atoms with Gasteiger partial charge in [-0.3, -0.25) is 9.59 Å². The van der Waals surface area contributed by atoms with Crippen LogP contribution in [0.5, 0.6) is 28.7 Å². The molecule has 35 heteroatoms. The topological polar surface area (TPSA) is 61.8 Å². The van der Waals surface area contributed by atoms with E-state index in [1.807, 2.05) is 0 Å². The minimum Gasteiger partial charge on any atom is -0.488 e. The average Bonchev–Trinajstić information content (AvgIpc) is 0.722. The molecule has 0 fully saturated rings. The Hall–Kier alpha value is -8.04. The highest BCUT2D eigenvalue weighted by Gasteiger charge is 2.73. The van der Waals surface area contributed by atoms with Crippen molar-refractivity contribution in [3.63, 3.8) is 0 Å². The first-order valence-electron chi connectivity index (χ1n) is 24.8. The van der Waals surface area contributed by atoms with Gasteiger partial charge in [0.05, 0.1) is 33.4 Å². The molecule has 0 spiro atoms. The van der Waals surface area contributed by atoms with Crippen molar-refractivity contribution in [1.29, 1.82) is 0 Å². The Morgan fingerprint density at radius 3 is 0.761 bits per heavy atom. The molecule has 6 rings (SSSR count). The van der Waals surface area contributed by atoms with Crippen LogP contribution in [0.2, 0.25) is 0 Å². The van der Waals surface area contributed by atoms with Gasteiger partial charge in [-0.1, -0.05) is 45.0 Å². The number of rotatable bonds is 11. The summed E-state index contributed by atoms with van der Waals surface area (Å²) in [5, 5.41) is 0. The first-order chi connectivity index (χ1) is 41.1. The van der Waals surface area contributed by atoms with Gasteiger partial charge in [0.1, 0.15) is 39.7 Å². The largest absolute Gasteiger partial charge is 0.488 e. The standard InChI is InChI=1S/C57H34F30O5/c1-45(2,3)37-38(52(70,71)72)33(48(58,59)60)31(34(49(61,62)63)39(37)53(73,74)75)42(88)23-7-15-27(16-8-23)90-28-17-9-24(10-18-28)43(89)32-35(50(64,65)66)40(54(76,77)78)44(41(55(79,80)81)36(32)51(67,68)69)91-29-19-11-25(12-20-29)47(56(82,83)84,57(85,86)87)26-13-21-30(22-14-26)92-46(4,5)6/h7-22H,1-6H3. The van der Waals surface area contributed by atoms with Crippen molar-refractivity contribution in [3.8, 4) is 28.7 Å². The highest BCUT2D eigenvalue weighted by molar-refractivity contribution is 6.13. The zero-order valence-corrected chi connectivity index (χ0v) is 46.1. The molecule has 0 radical (unpaired) electrons. The van der Waals surface area contributed by atoms with E-state index >= 15 is 52.7 Å². The van der Waals surface area contributed by atoms with Crippen LogP contribution in [0, 0.1) is 0 Å². The molecule has 0 aromatic heterocycles. The quantitative estimate of drug-likeness (QED) is 0.0955. The van der Waals surface area contributed by atoms with Gasteiger partial charge in [-0.2, -0.15) is 132 Å². The highest BCUT2D eigenvalue weighted by Crippen LogP contribution is 2.61. The molecule has 0 saturated heterocycles. The molecule has 0 bridgehead atoms. The molecule has 0 N–H and O–H groups in total. The Kier molecular flexibility index (Phi) is 18.4. The van der Waals surface area contributed by atoms with Crippen LogP contribution in [0.4, 0.5) is 132 Å². The molecule has 0 unspecified atom stereocenters. The molecule has 0 saturated carbocycles. The first kappa shape index (κ1) is 73.0. The zero-order chi connectivity index (χ0) is 70.6. The predicted molar refractivity (Wildman–Crippen MR) is 258 cm³/mol.